The van der Waals surface area contributed by atoms with Crippen LogP contribution in [-0.2, 0) is 6.61 Å². The maximum Gasteiger partial charge on any atom is 0.272 e. The highest BCUT2D eigenvalue weighted by molar-refractivity contribution is 5.78. The number of hydrogen-bond donors (Lipinski definition) is 3. The quantitative estimate of drug-likeness (QED) is 0.582. The van der Waals surface area contributed by atoms with Gasteiger partial charge in [0.1, 0.15) is 11.5 Å². The van der Waals surface area contributed by atoms with Crippen molar-refractivity contribution in [3.63, 3.8) is 0 Å². The lowest BCUT2D eigenvalue weighted by atomic mass is 10.2. The van der Waals surface area contributed by atoms with Gasteiger partial charge in [0.15, 0.2) is 0 Å². The van der Waals surface area contributed by atoms with Crippen molar-refractivity contribution in [2.45, 2.75) is 6.61 Å². The molecule has 4 N–H and O–H groups in total. The second kappa shape index (κ2) is 3.32. The molecule has 15 heavy (non-hydrogen) atoms. The third-order valence-corrected chi connectivity index (χ3v) is 2.03. The number of halogens is 1. The fourth-order valence-corrected chi connectivity index (χ4v) is 1.27. The summed E-state index contributed by atoms with van der Waals surface area (Å²) in [6.07, 6.45) is 0. The Kier molecular flexibility index (Phi) is 2.12. The molecule has 0 aliphatic rings. The molecule has 0 aliphatic carbocycles. The van der Waals surface area contributed by atoms with Gasteiger partial charge in [-0.25, -0.2) is 9.37 Å². The molecule has 0 fully saturated rings. The Labute approximate surface area is 83.4 Å². The number of aliphatic hydroxyl groups is 1. The van der Waals surface area contributed by atoms with E-state index in [4.69, 9.17) is 10.8 Å². The summed E-state index contributed by atoms with van der Waals surface area (Å²) in [5, 5.41) is 8.80. The molecule has 0 spiro atoms. The number of nitrogens with zero attached hydrogens (tertiary/aromatic N) is 1. The van der Waals surface area contributed by atoms with Crippen molar-refractivity contribution in [2.75, 3.05) is 5.73 Å². The Bertz CT molecular complexity index is 579. The van der Waals surface area contributed by atoms with Gasteiger partial charge >= 0.3 is 0 Å². The minimum Gasteiger partial charge on any atom is -0.396 e. The standard InChI is InChI=1S/C9H8FN3O2/c10-4-1-6-7(2-5(4)11)13-9(15)8(3-14)12-6/h1-2,14H,3,11H2,(H,13,15). The molecule has 0 saturated carbocycles. The molecule has 0 radical (unpaired) electrons. The predicted molar refractivity (Wildman–Crippen MR) is 52.7 cm³/mol. The number of nitrogens with two attached hydrogens (primary N) is 1. The van der Waals surface area contributed by atoms with E-state index in [0.29, 0.717) is 5.52 Å². The van der Waals surface area contributed by atoms with Crippen molar-refractivity contribution in [3.05, 3.63) is 34.0 Å². The van der Waals surface area contributed by atoms with E-state index < -0.39 is 18.0 Å². The number of aromatic nitrogens is 2. The number of rotatable bonds is 1. The topological polar surface area (TPSA) is 92.0 Å². The Balaban J connectivity index is 2.82. The molecule has 1 aromatic heterocycles. The van der Waals surface area contributed by atoms with Crippen LogP contribution in [0, 0.1) is 5.82 Å². The molecule has 2 aromatic rings. The van der Waals surface area contributed by atoms with Gasteiger partial charge in [-0.3, -0.25) is 4.79 Å². The first-order valence-corrected chi connectivity index (χ1v) is 4.20. The third-order valence-electron chi connectivity index (χ3n) is 2.03. The molecule has 1 aromatic carbocycles. The summed E-state index contributed by atoms with van der Waals surface area (Å²) in [6, 6.07) is 2.40. The van der Waals surface area contributed by atoms with E-state index in [1.54, 1.807) is 0 Å². The van der Waals surface area contributed by atoms with Gasteiger partial charge in [-0.05, 0) is 6.07 Å². The fraction of sp³-hybridized carbons (Fsp3) is 0.111. The maximum absolute atomic E-state index is 13.1. The van der Waals surface area contributed by atoms with E-state index in [2.05, 4.69) is 9.97 Å². The Morgan fingerprint density at radius 2 is 2.27 bits per heavy atom. The molecule has 78 valence electrons. The monoisotopic (exact) mass is 209 g/mol. The molecule has 2 rings (SSSR count). The highest BCUT2D eigenvalue weighted by Gasteiger charge is 2.06. The number of benzene rings is 1. The van der Waals surface area contributed by atoms with Gasteiger partial charge in [0.05, 0.1) is 23.3 Å². The SMILES string of the molecule is Nc1cc2[nH]c(=O)c(CO)nc2cc1F. The zero-order valence-corrected chi connectivity index (χ0v) is 7.62. The lowest BCUT2D eigenvalue weighted by Gasteiger charge is -2.02. The highest BCUT2D eigenvalue weighted by atomic mass is 19.1. The molecule has 0 unspecified atom stereocenters. The van der Waals surface area contributed by atoms with Crippen molar-refractivity contribution >= 4 is 16.7 Å². The minimum absolute atomic E-state index is 0.0494. The number of H-pyrrole nitrogens is 1. The van der Waals surface area contributed by atoms with E-state index in [-0.39, 0.29) is 16.9 Å². The van der Waals surface area contributed by atoms with Gasteiger partial charge in [0.2, 0.25) is 0 Å². The molecular weight excluding hydrogens is 201 g/mol. The first kappa shape index (κ1) is 9.60. The van der Waals surface area contributed by atoms with E-state index in [0.717, 1.165) is 6.07 Å². The number of hydrogen-bond acceptors (Lipinski definition) is 4. The van der Waals surface area contributed by atoms with Crippen molar-refractivity contribution < 1.29 is 9.50 Å². The van der Waals surface area contributed by atoms with Crippen LogP contribution >= 0.6 is 0 Å². The van der Waals surface area contributed by atoms with Gasteiger partial charge < -0.3 is 15.8 Å². The van der Waals surface area contributed by atoms with E-state index in [9.17, 15) is 9.18 Å². The van der Waals surface area contributed by atoms with Crippen LogP contribution in [0.2, 0.25) is 0 Å². The lowest BCUT2D eigenvalue weighted by Crippen LogP contribution is -2.15. The van der Waals surface area contributed by atoms with Crippen molar-refractivity contribution in [2.24, 2.45) is 0 Å². The number of aliphatic hydroxyl groups excluding tert-OH is 1. The van der Waals surface area contributed by atoms with Crippen LogP contribution < -0.4 is 11.3 Å². The summed E-state index contributed by atoms with van der Waals surface area (Å²) >= 11 is 0. The van der Waals surface area contributed by atoms with Crippen LogP contribution in [-0.4, -0.2) is 15.1 Å². The number of nitrogen functional groups attached to an aromatic ring is 1. The van der Waals surface area contributed by atoms with Crippen molar-refractivity contribution in [3.8, 4) is 0 Å². The van der Waals surface area contributed by atoms with E-state index in [1.165, 1.54) is 6.07 Å². The van der Waals surface area contributed by atoms with E-state index >= 15 is 0 Å². The van der Waals surface area contributed by atoms with Crippen LogP contribution in [0.25, 0.3) is 11.0 Å². The summed E-state index contributed by atoms with van der Waals surface area (Å²) in [6.45, 7) is -0.489. The Morgan fingerprint density at radius 3 is 2.93 bits per heavy atom. The first-order chi connectivity index (χ1) is 7.11. The van der Waals surface area contributed by atoms with Gasteiger partial charge in [-0.1, -0.05) is 0 Å². The average Bonchev–Trinajstić information content (AvgIpc) is 2.20. The molecule has 0 saturated heterocycles. The lowest BCUT2D eigenvalue weighted by molar-refractivity contribution is 0.275. The van der Waals surface area contributed by atoms with Crippen LogP contribution in [0.4, 0.5) is 10.1 Å². The normalized spacial score (nSPS) is 10.8. The second-order valence-electron chi connectivity index (χ2n) is 3.06. The van der Waals surface area contributed by atoms with Crippen LogP contribution in [0.1, 0.15) is 5.69 Å². The summed E-state index contributed by atoms with van der Waals surface area (Å²) in [5.41, 5.74) is 5.32. The summed E-state index contributed by atoms with van der Waals surface area (Å²) in [7, 11) is 0. The molecule has 0 aliphatic heterocycles. The van der Waals surface area contributed by atoms with Crippen molar-refractivity contribution in [1.82, 2.24) is 9.97 Å². The van der Waals surface area contributed by atoms with Gasteiger partial charge in [0, 0.05) is 6.07 Å². The number of anilines is 1. The largest absolute Gasteiger partial charge is 0.396 e. The molecule has 0 atom stereocenters. The second-order valence-corrected chi connectivity index (χ2v) is 3.06. The van der Waals surface area contributed by atoms with E-state index in [1.807, 2.05) is 0 Å². The molecule has 0 amide bonds. The Morgan fingerprint density at radius 1 is 1.53 bits per heavy atom. The fourth-order valence-electron chi connectivity index (χ4n) is 1.27. The molecule has 0 bridgehead atoms. The summed E-state index contributed by atoms with van der Waals surface area (Å²) < 4.78 is 13.1. The Hall–Kier alpha value is -1.95. The number of nitrogens with one attached hydrogen (secondary N) is 1. The first-order valence-electron chi connectivity index (χ1n) is 4.20. The highest BCUT2D eigenvalue weighted by Crippen LogP contribution is 2.16. The molecule has 5 nitrogen and oxygen atoms in total. The molecular formula is C9H8FN3O2. The maximum atomic E-state index is 13.1. The summed E-state index contributed by atoms with van der Waals surface area (Å²) in [4.78, 5) is 17.5. The van der Waals surface area contributed by atoms with Crippen LogP contribution in [0.15, 0.2) is 16.9 Å². The average molecular weight is 209 g/mol. The zero-order chi connectivity index (χ0) is 11.0. The minimum atomic E-state index is -0.606. The van der Waals surface area contributed by atoms with Crippen molar-refractivity contribution in [1.29, 1.82) is 0 Å². The smallest absolute Gasteiger partial charge is 0.272 e. The van der Waals surface area contributed by atoms with Crippen LogP contribution in [0.3, 0.4) is 0 Å². The van der Waals surface area contributed by atoms with Gasteiger partial charge in [-0.2, -0.15) is 0 Å². The molecule has 1 heterocycles. The third kappa shape index (κ3) is 1.55. The van der Waals surface area contributed by atoms with Gasteiger partial charge in [-0.15, -0.1) is 0 Å². The molecule has 6 heteroatoms. The predicted octanol–water partition coefficient (Wildman–Crippen LogP) is 0.137. The summed E-state index contributed by atoms with van der Waals surface area (Å²) in [5.74, 6) is -0.606. The number of aromatic amines is 1. The number of fused-ring (bicyclic) bond motifs is 1. The zero-order valence-electron chi connectivity index (χ0n) is 7.62. The van der Waals surface area contributed by atoms with Gasteiger partial charge in [0.25, 0.3) is 5.56 Å². The van der Waals surface area contributed by atoms with Crippen LogP contribution in [0.5, 0.6) is 0 Å².